The van der Waals surface area contributed by atoms with E-state index in [-0.39, 0.29) is 17.6 Å². The van der Waals surface area contributed by atoms with Crippen LogP contribution in [0, 0.1) is 5.92 Å². The first kappa shape index (κ1) is 15.6. The first-order chi connectivity index (χ1) is 11.1. The molecule has 0 saturated carbocycles. The fourth-order valence-corrected chi connectivity index (χ4v) is 3.08. The summed E-state index contributed by atoms with van der Waals surface area (Å²) in [6.45, 7) is 2.17. The summed E-state index contributed by atoms with van der Waals surface area (Å²) < 4.78 is 9.93. The van der Waals surface area contributed by atoms with Crippen molar-refractivity contribution in [2.75, 3.05) is 20.2 Å². The number of phenols is 1. The molecule has 0 aliphatic carbocycles. The quantitative estimate of drug-likeness (QED) is 0.688. The Morgan fingerprint density at radius 2 is 2.09 bits per heavy atom. The zero-order valence-corrected chi connectivity index (χ0v) is 12.9. The van der Waals surface area contributed by atoms with Crippen molar-refractivity contribution in [1.82, 2.24) is 4.90 Å². The van der Waals surface area contributed by atoms with Gasteiger partial charge >= 0.3 is 11.6 Å². The summed E-state index contributed by atoms with van der Waals surface area (Å²) in [6, 6.07) is 6.27. The Balaban J connectivity index is 1.78. The van der Waals surface area contributed by atoms with E-state index in [0.717, 1.165) is 36.9 Å². The van der Waals surface area contributed by atoms with Gasteiger partial charge in [-0.3, -0.25) is 9.69 Å². The van der Waals surface area contributed by atoms with Gasteiger partial charge in [-0.05, 0) is 43.6 Å². The molecule has 122 valence electrons. The highest BCUT2D eigenvalue weighted by Gasteiger charge is 2.25. The van der Waals surface area contributed by atoms with Gasteiger partial charge in [0.1, 0.15) is 11.3 Å². The van der Waals surface area contributed by atoms with Crippen LogP contribution in [-0.4, -0.2) is 36.2 Å². The molecule has 1 N–H and O–H groups in total. The van der Waals surface area contributed by atoms with Gasteiger partial charge in [0.15, 0.2) is 0 Å². The van der Waals surface area contributed by atoms with Crippen LogP contribution in [0.15, 0.2) is 33.5 Å². The van der Waals surface area contributed by atoms with Gasteiger partial charge in [-0.25, -0.2) is 4.79 Å². The van der Waals surface area contributed by atoms with Crippen molar-refractivity contribution in [1.29, 1.82) is 0 Å². The lowest BCUT2D eigenvalue weighted by molar-refractivity contribution is -0.147. The molecule has 1 fully saturated rings. The van der Waals surface area contributed by atoms with E-state index >= 15 is 0 Å². The highest BCUT2D eigenvalue weighted by molar-refractivity contribution is 5.81. The van der Waals surface area contributed by atoms with E-state index in [4.69, 9.17) is 9.15 Å². The fourth-order valence-electron chi connectivity index (χ4n) is 3.08. The van der Waals surface area contributed by atoms with Gasteiger partial charge in [-0.15, -0.1) is 0 Å². The molecule has 0 unspecified atom stereocenters. The molecular weight excluding hydrogens is 298 g/mol. The number of nitrogens with zero attached hydrogens (tertiary/aromatic N) is 1. The Kier molecular flexibility index (Phi) is 4.34. The van der Waals surface area contributed by atoms with E-state index in [1.165, 1.54) is 19.2 Å². The Morgan fingerprint density at radius 1 is 1.35 bits per heavy atom. The molecule has 23 heavy (non-hydrogen) atoms. The summed E-state index contributed by atoms with van der Waals surface area (Å²) in [6.07, 6.45) is 1.51. The Morgan fingerprint density at radius 3 is 2.78 bits per heavy atom. The van der Waals surface area contributed by atoms with Crippen LogP contribution in [0.25, 0.3) is 11.0 Å². The van der Waals surface area contributed by atoms with Crippen LogP contribution >= 0.6 is 0 Å². The van der Waals surface area contributed by atoms with Gasteiger partial charge < -0.3 is 14.3 Å². The number of carbonyl (C=O) groups excluding carboxylic acids is 1. The van der Waals surface area contributed by atoms with Crippen molar-refractivity contribution in [2.24, 2.45) is 5.92 Å². The van der Waals surface area contributed by atoms with Crippen LogP contribution in [0.5, 0.6) is 5.75 Å². The van der Waals surface area contributed by atoms with Crippen molar-refractivity contribution < 1.29 is 19.1 Å². The Hall–Kier alpha value is -2.34. The van der Waals surface area contributed by atoms with E-state index in [1.54, 1.807) is 12.1 Å². The number of esters is 1. The number of ether oxygens (including phenoxy) is 1. The third-order valence-corrected chi connectivity index (χ3v) is 4.33. The van der Waals surface area contributed by atoms with Crippen molar-refractivity contribution in [3.05, 3.63) is 40.2 Å². The number of piperidine rings is 1. The molecule has 2 heterocycles. The Labute approximate surface area is 133 Å². The SMILES string of the molecule is COC(=O)C1CCN(Cc2cc(=O)oc3cc(O)ccc23)CC1. The maximum absolute atomic E-state index is 11.7. The number of hydrogen-bond donors (Lipinski definition) is 1. The highest BCUT2D eigenvalue weighted by atomic mass is 16.5. The predicted molar refractivity (Wildman–Crippen MR) is 84.2 cm³/mol. The topological polar surface area (TPSA) is 80.0 Å². The largest absolute Gasteiger partial charge is 0.508 e. The normalized spacial score (nSPS) is 16.6. The van der Waals surface area contributed by atoms with Gasteiger partial charge in [-0.1, -0.05) is 0 Å². The van der Waals surface area contributed by atoms with Crippen LogP contribution in [0.2, 0.25) is 0 Å². The molecule has 1 aliphatic rings. The summed E-state index contributed by atoms with van der Waals surface area (Å²) in [5, 5.41) is 10.3. The minimum Gasteiger partial charge on any atom is -0.508 e. The molecule has 0 bridgehead atoms. The van der Waals surface area contributed by atoms with E-state index in [9.17, 15) is 14.7 Å². The minimum absolute atomic E-state index is 0.0363. The van der Waals surface area contributed by atoms with Crippen molar-refractivity contribution in [2.45, 2.75) is 19.4 Å². The van der Waals surface area contributed by atoms with Crippen LogP contribution in [0.1, 0.15) is 18.4 Å². The number of rotatable bonds is 3. The summed E-state index contributed by atoms with van der Waals surface area (Å²) in [7, 11) is 1.42. The zero-order chi connectivity index (χ0) is 16.4. The number of carbonyl (C=O) groups is 1. The van der Waals surface area contributed by atoms with E-state index in [0.29, 0.717) is 12.1 Å². The second-order valence-corrected chi connectivity index (χ2v) is 5.84. The van der Waals surface area contributed by atoms with Gasteiger partial charge in [0.2, 0.25) is 0 Å². The average molecular weight is 317 g/mol. The standard InChI is InChI=1S/C17H19NO5/c1-22-17(21)11-4-6-18(7-5-11)10-12-8-16(20)23-15-9-13(19)2-3-14(12)15/h2-3,8-9,11,19H,4-7,10H2,1H3. The zero-order valence-electron chi connectivity index (χ0n) is 12.9. The minimum atomic E-state index is -0.428. The second kappa shape index (κ2) is 6.42. The van der Waals surface area contributed by atoms with Gasteiger partial charge in [-0.2, -0.15) is 0 Å². The van der Waals surface area contributed by atoms with Crippen molar-refractivity contribution in [3.8, 4) is 5.75 Å². The second-order valence-electron chi connectivity index (χ2n) is 5.84. The van der Waals surface area contributed by atoms with Crippen LogP contribution < -0.4 is 5.63 Å². The number of benzene rings is 1. The van der Waals surface area contributed by atoms with Gasteiger partial charge in [0.05, 0.1) is 13.0 Å². The summed E-state index contributed by atoms with van der Waals surface area (Å²) >= 11 is 0. The van der Waals surface area contributed by atoms with E-state index < -0.39 is 5.63 Å². The molecule has 1 aliphatic heterocycles. The third kappa shape index (κ3) is 3.37. The van der Waals surface area contributed by atoms with Gasteiger partial charge in [0.25, 0.3) is 0 Å². The van der Waals surface area contributed by atoms with E-state index in [1.807, 2.05) is 0 Å². The molecule has 2 aromatic rings. The van der Waals surface area contributed by atoms with Crippen LogP contribution in [-0.2, 0) is 16.1 Å². The molecule has 1 aromatic carbocycles. The molecule has 0 atom stereocenters. The third-order valence-electron chi connectivity index (χ3n) is 4.33. The smallest absolute Gasteiger partial charge is 0.336 e. The highest BCUT2D eigenvalue weighted by Crippen LogP contribution is 2.25. The molecule has 6 heteroatoms. The van der Waals surface area contributed by atoms with Crippen molar-refractivity contribution in [3.63, 3.8) is 0 Å². The van der Waals surface area contributed by atoms with E-state index in [2.05, 4.69) is 4.90 Å². The van der Waals surface area contributed by atoms with Crippen LogP contribution in [0.4, 0.5) is 0 Å². The number of hydrogen-bond acceptors (Lipinski definition) is 6. The summed E-state index contributed by atoms with van der Waals surface area (Å²) in [4.78, 5) is 25.5. The molecule has 0 spiro atoms. The monoisotopic (exact) mass is 317 g/mol. The van der Waals surface area contributed by atoms with Crippen molar-refractivity contribution >= 4 is 16.9 Å². The summed E-state index contributed by atoms with van der Waals surface area (Å²) in [5.41, 5.74) is 0.826. The Bertz CT molecular complexity index is 774. The number of methoxy groups -OCH3 is 1. The summed E-state index contributed by atoms with van der Waals surface area (Å²) in [5.74, 6) is -0.117. The molecule has 1 aromatic heterocycles. The molecule has 0 radical (unpaired) electrons. The lowest BCUT2D eigenvalue weighted by Gasteiger charge is -2.30. The molecular formula is C17H19NO5. The lowest BCUT2D eigenvalue weighted by Crippen LogP contribution is -2.36. The maximum atomic E-state index is 11.7. The molecule has 6 nitrogen and oxygen atoms in total. The maximum Gasteiger partial charge on any atom is 0.336 e. The fraction of sp³-hybridized carbons (Fsp3) is 0.412. The number of phenolic OH excluding ortho intramolecular Hbond substituents is 1. The first-order valence-corrected chi connectivity index (χ1v) is 7.63. The predicted octanol–water partition coefficient (Wildman–Crippen LogP) is 1.88. The molecule has 3 rings (SSSR count). The lowest BCUT2D eigenvalue weighted by atomic mass is 9.96. The van der Waals surface area contributed by atoms with Crippen LogP contribution in [0.3, 0.4) is 0 Å². The average Bonchev–Trinajstić information content (AvgIpc) is 2.54. The number of likely N-dealkylation sites (tertiary alicyclic amines) is 1. The molecule has 1 saturated heterocycles. The number of fused-ring (bicyclic) bond motifs is 1. The first-order valence-electron chi connectivity index (χ1n) is 7.63. The number of aromatic hydroxyl groups is 1. The van der Waals surface area contributed by atoms with Gasteiger partial charge in [0, 0.05) is 24.1 Å². The molecule has 0 amide bonds.